The van der Waals surface area contributed by atoms with Crippen molar-refractivity contribution >= 4 is 17.4 Å². The predicted octanol–water partition coefficient (Wildman–Crippen LogP) is 2.58. The second kappa shape index (κ2) is 4.70. The van der Waals surface area contributed by atoms with E-state index in [1.807, 2.05) is 23.1 Å². The van der Waals surface area contributed by atoms with Crippen LogP contribution in [0.25, 0.3) is 0 Å². The molecule has 1 aromatic rings. The van der Waals surface area contributed by atoms with Gasteiger partial charge >= 0.3 is 0 Å². The lowest BCUT2D eigenvalue weighted by atomic mass is 10.0. The van der Waals surface area contributed by atoms with Crippen molar-refractivity contribution in [1.29, 1.82) is 0 Å². The molecular formula is C14H17NO2. The quantitative estimate of drug-likeness (QED) is 0.697. The molecule has 0 atom stereocenters. The van der Waals surface area contributed by atoms with Gasteiger partial charge in [-0.3, -0.25) is 9.59 Å². The summed E-state index contributed by atoms with van der Waals surface area (Å²) in [6, 6.07) is 5.64. The normalized spacial score (nSPS) is 15.1. The molecule has 0 aromatic heterocycles. The first kappa shape index (κ1) is 11.8. The van der Waals surface area contributed by atoms with Crippen LogP contribution in [-0.4, -0.2) is 18.2 Å². The molecular weight excluding hydrogens is 214 g/mol. The molecule has 0 fully saturated rings. The Morgan fingerprint density at radius 1 is 1.18 bits per heavy atom. The summed E-state index contributed by atoms with van der Waals surface area (Å²) in [6.45, 7) is 3.94. The van der Waals surface area contributed by atoms with Gasteiger partial charge in [-0.2, -0.15) is 0 Å². The van der Waals surface area contributed by atoms with Crippen LogP contribution in [0.3, 0.4) is 0 Å². The van der Waals surface area contributed by atoms with Crippen LogP contribution in [0.15, 0.2) is 18.2 Å². The van der Waals surface area contributed by atoms with Crippen LogP contribution in [0.5, 0.6) is 0 Å². The lowest BCUT2D eigenvalue weighted by molar-refractivity contribution is -0.116. The number of hydrogen-bond acceptors (Lipinski definition) is 2. The number of anilines is 1. The van der Waals surface area contributed by atoms with Crippen LogP contribution in [0.4, 0.5) is 5.69 Å². The fourth-order valence-electron chi connectivity index (χ4n) is 2.30. The third-order valence-electron chi connectivity index (χ3n) is 3.23. The number of carbonyl (C=O) groups is 2. The molecule has 1 aliphatic rings. The summed E-state index contributed by atoms with van der Waals surface area (Å²) >= 11 is 0. The number of Topliss-reactive ketones (excluding diaryl/α,β-unsaturated/α-hetero) is 1. The van der Waals surface area contributed by atoms with E-state index in [1.54, 1.807) is 13.8 Å². The van der Waals surface area contributed by atoms with Crippen molar-refractivity contribution in [3.8, 4) is 0 Å². The number of ketones is 1. The minimum Gasteiger partial charge on any atom is -0.312 e. The number of rotatable bonds is 1. The molecule has 90 valence electrons. The third-order valence-corrected chi connectivity index (χ3v) is 3.23. The number of nitrogens with zero attached hydrogens (tertiary/aromatic N) is 1. The second-order valence-corrected chi connectivity index (χ2v) is 4.53. The Kier molecular flexibility index (Phi) is 3.27. The topological polar surface area (TPSA) is 37.4 Å². The Morgan fingerprint density at radius 3 is 2.59 bits per heavy atom. The number of hydrogen-bond donors (Lipinski definition) is 0. The van der Waals surface area contributed by atoms with Gasteiger partial charge in [-0.1, -0.05) is 0 Å². The number of amides is 1. The molecule has 1 aromatic carbocycles. The Morgan fingerprint density at radius 2 is 1.94 bits per heavy atom. The largest absolute Gasteiger partial charge is 0.312 e. The molecule has 3 heteroatoms. The summed E-state index contributed by atoms with van der Waals surface area (Å²) in [5, 5.41) is 0. The first-order chi connectivity index (χ1) is 8.09. The number of fused-ring (bicyclic) bond motifs is 1. The fraction of sp³-hybridized carbons (Fsp3) is 0.429. The van der Waals surface area contributed by atoms with E-state index < -0.39 is 0 Å². The second-order valence-electron chi connectivity index (χ2n) is 4.53. The highest BCUT2D eigenvalue weighted by molar-refractivity contribution is 5.97. The number of carbonyl (C=O) groups excluding carboxylic acids is 2. The van der Waals surface area contributed by atoms with Crippen LogP contribution in [-0.2, 0) is 11.2 Å². The number of aryl methyl sites for hydroxylation is 1. The van der Waals surface area contributed by atoms with Crippen molar-refractivity contribution in [1.82, 2.24) is 0 Å². The summed E-state index contributed by atoms with van der Waals surface area (Å²) in [7, 11) is 0. The van der Waals surface area contributed by atoms with Gasteiger partial charge in [-0.05, 0) is 49.9 Å². The van der Waals surface area contributed by atoms with Crippen molar-refractivity contribution in [3.63, 3.8) is 0 Å². The van der Waals surface area contributed by atoms with Crippen LogP contribution in [0, 0.1) is 0 Å². The van der Waals surface area contributed by atoms with E-state index in [4.69, 9.17) is 0 Å². The summed E-state index contributed by atoms with van der Waals surface area (Å²) < 4.78 is 0. The smallest absolute Gasteiger partial charge is 0.223 e. The van der Waals surface area contributed by atoms with E-state index in [1.165, 1.54) is 0 Å². The molecule has 1 aliphatic heterocycles. The summed E-state index contributed by atoms with van der Waals surface area (Å²) in [6.07, 6.45) is 3.03. The lowest BCUT2D eigenvalue weighted by Gasteiger charge is -2.21. The first-order valence-corrected chi connectivity index (χ1v) is 6.01. The van der Waals surface area contributed by atoms with Crippen molar-refractivity contribution in [2.45, 2.75) is 33.1 Å². The standard InChI is InChI=1S/C14H17NO2/c1-10(16)12-6-7-14-13(9-12)5-3-4-8-15(14)11(2)17/h6-7,9H,3-5,8H2,1-2H3. The fourth-order valence-corrected chi connectivity index (χ4v) is 2.30. The third kappa shape index (κ3) is 2.38. The number of benzene rings is 1. The van der Waals surface area contributed by atoms with E-state index in [0.29, 0.717) is 0 Å². The highest BCUT2D eigenvalue weighted by Gasteiger charge is 2.18. The minimum atomic E-state index is 0.0729. The van der Waals surface area contributed by atoms with Crippen molar-refractivity contribution in [2.75, 3.05) is 11.4 Å². The van der Waals surface area contributed by atoms with Crippen LogP contribution in [0.2, 0.25) is 0 Å². The summed E-state index contributed by atoms with van der Waals surface area (Å²) in [5.74, 6) is 0.148. The maximum absolute atomic E-state index is 11.6. The Hall–Kier alpha value is -1.64. The maximum atomic E-state index is 11.6. The molecule has 0 unspecified atom stereocenters. The van der Waals surface area contributed by atoms with E-state index in [9.17, 15) is 9.59 Å². The lowest BCUT2D eigenvalue weighted by Crippen LogP contribution is -2.29. The zero-order valence-electron chi connectivity index (χ0n) is 10.3. The van der Waals surface area contributed by atoms with Crippen LogP contribution < -0.4 is 4.90 Å². The van der Waals surface area contributed by atoms with Crippen molar-refractivity contribution in [2.24, 2.45) is 0 Å². The highest BCUT2D eigenvalue weighted by atomic mass is 16.2. The van der Waals surface area contributed by atoms with Gasteiger partial charge in [0.1, 0.15) is 0 Å². The average Bonchev–Trinajstić information content (AvgIpc) is 2.49. The van der Waals surface area contributed by atoms with Crippen LogP contribution in [0.1, 0.15) is 42.6 Å². The molecule has 3 nitrogen and oxygen atoms in total. The molecule has 1 amide bonds. The molecule has 1 heterocycles. The molecule has 0 radical (unpaired) electrons. The molecule has 0 aliphatic carbocycles. The van der Waals surface area contributed by atoms with Gasteiger partial charge in [0.05, 0.1) is 0 Å². The van der Waals surface area contributed by atoms with E-state index in [-0.39, 0.29) is 11.7 Å². The van der Waals surface area contributed by atoms with Gasteiger partial charge in [0.15, 0.2) is 5.78 Å². The van der Waals surface area contributed by atoms with E-state index in [2.05, 4.69) is 0 Å². The van der Waals surface area contributed by atoms with E-state index in [0.717, 1.165) is 42.6 Å². The SMILES string of the molecule is CC(=O)c1ccc2c(c1)CCCCN2C(C)=O. The molecule has 0 spiro atoms. The van der Waals surface area contributed by atoms with Crippen LogP contribution >= 0.6 is 0 Å². The minimum absolute atomic E-state index is 0.0729. The molecule has 0 N–H and O–H groups in total. The molecule has 0 bridgehead atoms. The molecule has 17 heavy (non-hydrogen) atoms. The van der Waals surface area contributed by atoms with Gasteiger partial charge in [-0.15, -0.1) is 0 Å². The first-order valence-electron chi connectivity index (χ1n) is 6.01. The monoisotopic (exact) mass is 231 g/mol. The van der Waals surface area contributed by atoms with Gasteiger partial charge < -0.3 is 4.90 Å². The highest BCUT2D eigenvalue weighted by Crippen LogP contribution is 2.27. The van der Waals surface area contributed by atoms with Gasteiger partial charge in [0, 0.05) is 24.7 Å². The van der Waals surface area contributed by atoms with Crippen molar-refractivity contribution < 1.29 is 9.59 Å². The molecule has 0 saturated heterocycles. The summed E-state index contributed by atoms with van der Waals surface area (Å²) in [4.78, 5) is 24.8. The van der Waals surface area contributed by atoms with Gasteiger partial charge in [0.25, 0.3) is 0 Å². The zero-order chi connectivity index (χ0) is 12.4. The maximum Gasteiger partial charge on any atom is 0.223 e. The predicted molar refractivity (Wildman–Crippen MR) is 67.4 cm³/mol. The Labute approximate surface area is 101 Å². The molecule has 0 saturated carbocycles. The zero-order valence-corrected chi connectivity index (χ0v) is 10.3. The van der Waals surface area contributed by atoms with Crippen molar-refractivity contribution in [3.05, 3.63) is 29.3 Å². The molecule has 2 rings (SSSR count). The van der Waals surface area contributed by atoms with Gasteiger partial charge in [0.2, 0.25) is 5.91 Å². The van der Waals surface area contributed by atoms with E-state index >= 15 is 0 Å². The Bertz CT molecular complexity index is 465. The average molecular weight is 231 g/mol. The van der Waals surface area contributed by atoms with Gasteiger partial charge in [-0.25, -0.2) is 0 Å². The Balaban J connectivity index is 2.46. The summed E-state index contributed by atoms with van der Waals surface area (Å²) in [5.41, 5.74) is 2.82.